The number of ether oxygens (including phenoxy) is 1. The highest BCUT2D eigenvalue weighted by molar-refractivity contribution is 6.17. The lowest BCUT2D eigenvalue weighted by Crippen LogP contribution is -2.01. The Labute approximate surface area is 82.6 Å². The highest BCUT2D eigenvalue weighted by atomic mass is 35.5. The highest BCUT2D eigenvalue weighted by Gasteiger charge is 2.05. The normalized spacial score (nSPS) is 10.0. The second-order valence-corrected chi connectivity index (χ2v) is 2.92. The second-order valence-electron chi connectivity index (χ2n) is 2.65. The van der Waals surface area contributed by atoms with E-state index in [1.54, 1.807) is 6.07 Å². The van der Waals surface area contributed by atoms with Crippen LogP contribution in [0.2, 0.25) is 0 Å². The summed E-state index contributed by atoms with van der Waals surface area (Å²) in [5, 5.41) is 0. The van der Waals surface area contributed by atoms with Crippen molar-refractivity contribution in [2.45, 2.75) is 12.8 Å². The van der Waals surface area contributed by atoms with Gasteiger partial charge in [0.05, 0.1) is 18.0 Å². The van der Waals surface area contributed by atoms with Gasteiger partial charge < -0.3 is 16.2 Å². The van der Waals surface area contributed by atoms with Crippen LogP contribution in [0.15, 0.2) is 12.1 Å². The number of benzene rings is 1. The lowest BCUT2D eigenvalue weighted by atomic mass is 10.1. The molecule has 4 heteroatoms. The molecule has 0 aliphatic carbocycles. The summed E-state index contributed by atoms with van der Waals surface area (Å²) in [6.45, 7) is 2.51. The number of halogens is 1. The molecule has 3 nitrogen and oxygen atoms in total. The van der Waals surface area contributed by atoms with Crippen molar-refractivity contribution < 1.29 is 4.74 Å². The van der Waals surface area contributed by atoms with Crippen molar-refractivity contribution in [3.8, 4) is 5.75 Å². The maximum Gasteiger partial charge on any atom is 0.121 e. The quantitative estimate of drug-likeness (QED) is 0.580. The molecule has 0 aliphatic heterocycles. The van der Waals surface area contributed by atoms with Gasteiger partial charge in [0.2, 0.25) is 0 Å². The third kappa shape index (κ3) is 2.18. The zero-order valence-corrected chi connectivity index (χ0v) is 8.27. The van der Waals surface area contributed by atoms with Gasteiger partial charge in [-0.25, -0.2) is 0 Å². The minimum Gasteiger partial charge on any atom is -0.494 e. The number of anilines is 2. The van der Waals surface area contributed by atoms with Gasteiger partial charge in [0, 0.05) is 11.9 Å². The van der Waals surface area contributed by atoms with Gasteiger partial charge in [-0.2, -0.15) is 0 Å². The zero-order chi connectivity index (χ0) is 9.84. The van der Waals surface area contributed by atoms with Crippen LogP contribution in [0.5, 0.6) is 5.75 Å². The molecule has 1 aromatic carbocycles. The molecular weight excluding hydrogens is 188 g/mol. The molecular formula is C9H13ClN2O. The van der Waals surface area contributed by atoms with Gasteiger partial charge in [-0.15, -0.1) is 11.6 Å². The van der Waals surface area contributed by atoms with Crippen LogP contribution >= 0.6 is 11.6 Å². The van der Waals surface area contributed by atoms with Crippen molar-refractivity contribution in [3.63, 3.8) is 0 Å². The van der Waals surface area contributed by atoms with Gasteiger partial charge in [-0.05, 0) is 18.6 Å². The Morgan fingerprint density at radius 1 is 1.38 bits per heavy atom. The van der Waals surface area contributed by atoms with Crippen LogP contribution in [0.25, 0.3) is 0 Å². The third-order valence-electron chi connectivity index (χ3n) is 1.73. The summed E-state index contributed by atoms with van der Waals surface area (Å²) in [5.41, 5.74) is 13.2. The summed E-state index contributed by atoms with van der Waals surface area (Å²) in [6, 6.07) is 3.51. The van der Waals surface area contributed by atoms with E-state index < -0.39 is 0 Å². The van der Waals surface area contributed by atoms with E-state index in [1.807, 2.05) is 13.0 Å². The summed E-state index contributed by atoms with van der Waals surface area (Å²) in [6.07, 6.45) is 0. The maximum absolute atomic E-state index is 5.69. The fourth-order valence-electron chi connectivity index (χ4n) is 1.07. The Morgan fingerprint density at radius 3 is 2.62 bits per heavy atom. The Kier molecular flexibility index (Phi) is 3.25. The lowest BCUT2D eigenvalue weighted by molar-refractivity contribution is 0.340. The number of hydrogen-bond acceptors (Lipinski definition) is 3. The molecule has 0 bridgehead atoms. The number of nitrogen functional groups attached to an aromatic ring is 2. The summed E-state index contributed by atoms with van der Waals surface area (Å²) >= 11 is 5.69. The molecule has 0 radical (unpaired) electrons. The van der Waals surface area contributed by atoms with Crippen LogP contribution in [0.3, 0.4) is 0 Å². The first-order chi connectivity index (χ1) is 6.19. The van der Waals surface area contributed by atoms with Crippen LogP contribution in [0.4, 0.5) is 11.4 Å². The van der Waals surface area contributed by atoms with Gasteiger partial charge >= 0.3 is 0 Å². The number of rotatable bonds is 3. The van der Waals surface area contributed by atoms with E-state index in [0.717, 1.165) is 5.56 Å². The van der Waals surface area contributed by atoms with Crippen molar-refractivity contribution in [2.24, 2.45) is 0 Å². The molecule has 0 unspecified atom stereocenters. The van der Waals surface area contributed by atoms with E-state index in [0.29, 0.717) is 29.6 Å². The van der Waals surface area contributed by atoms with E-state index in [1.165, 1.54) is 0 Å². The largest absolute Gasteiger partial charge is 0.494 e. The number of hydrogen-bond donors (Lipinski definition) is 2. The Hall–Kier alpha value is -1.09. The predicted octanol–water partition coefficient (Wildman–Crippen LogP) is 1.99. The van der Waals surface area contributed by atoms with Crippen LogP contribution in [0, 0.1) is 0 Å². The summed E-state index contributed by atoms with van der Waals surface area (Å²) in [7, 11) is 0. The van der Waals surface area contributed by atoms with Gasteiger partial charge in [-0.3, -0.25) is 0 Å². The first-order valence-electron chi connectivity index (χ1n) is 4.05. The average Bonchev–Trinajstić information content (AvgIpc) is 2.11. The van der Waals surface area contributed by atoms with Gasteiger partial charge in [0.25, 0.3) is 0 Å². The molecule has 0 amide bonds. The Morgan fingerprint density at radius 2 is 2.08 bits per heavy atom. The maximum atomic E-state index is 5.69. The smallest absolute Gasteiger partial charge is 0.121 e. The van der Waals surface area contributed by atoms with E-state index >= 15 is 0 Å². The number of nitrogens with two attached hydrogens (primary N) is 2. The Bertz CT molecular complexity index is 302. The van der Waals surface area contributed by atoms with Crippen LogP contribution < -0.4 is 16.2 Å². The summed E-state index contributed by atoms with van der Waals surface area (Å²) < 4.78 is 5.29. The molecule has 1 aromatic rings. The molecule has 13 heavy (non-hydrogen) atoms. The fourth-order valence-corrected chi connectivity index (χ4v) is 1.29. The van der Waals surface area contributed by atoms with Crippen LogP contribution in [-0.4, -0.2) is 6.61 Å². The molecule has 0 fully saturated rings. The minimum absolute atomic E-state index is 0.344. The molecule has 0 heterocycles. The van der Waals surface area contributed by atoms with Crippen LogP contribution in [0.1, 0.15) is 12.5 Å². The summed E-state index contributed by atoms with van der Waals surface area (Å²) in [5.74, 6) is 1.06. The molecule has 0 saturated heterocycles. The van der Waals surface area contributed by atoms with E-state index in [9.17, 15) is 0 Å². The van der Waals surface area contributed by atoms with Crippen molar-refractivity contribution >= 4 is 23.0 Å². The molecule has 72 valence electrons. The first-order valence-corrected chi connectivity index (χ1v) is 4.59. The van der Waals surface area contributed by atoms with Gasteiger partial charge in [0.1, 0.15) is 5.75 Å². The van der Waals surface area contributed by atoms with E-state index in [2.05, 4.69) is 0 Å². The lowest BCUT2D eigenvalue weighted by Gasteiger charge is -2.09. The fraction of sp³-hybridized carbons (Fsp3) is 0.333. The summed E-state index contributed by atoms with van der Waals surface area (Å²) in [4.78, 5) is 0. The third-order valence-corrected chi connectivity index (χ3v) is 2.01. The van der Waals surface area contributed by atoms with Gasteiger partial charge in [0.15, 0.2) is 0 Å². The molecule has 0 saturated carbocycles. The molecule has 0 aliphatic rings. The van der Waals surface area contributed by atoms with Crippen LogP contribution in [-0.2, 0) is 5.88 Å². The molecule has 0 aromatic heterocycles. The van der Waals surface area contributed by atoms with Gasteiger partial charge in [-0.1, -0.05) is 0 Å². The zero-order valence-electron chi connectivity index (χ0n) is 7.51. The molecule has 1 rings (SSSR count). The average molecular weight is 201 g/mol. The van der Waals surface area contributed by atoms with Crippen molar-refractivity contribution in [3.05, 3.63) is 17.7 Å². The van der Waals surface area contributed by atoms with Crippen molar-refractivity contribution in [1.29, 1.82) is 0 Å². The first kappa shape index (κ1) is 9.99. The Balaban J connectivity index is 3.06. The topological polar surface area (TPSA) is 61.3 Å². The van der Waals surface area contributed by atoms with E-state index in [4.69, 9.17) is 27.8 Å². The molecule has 0 spiro atoms. The number of alkyl halides is 1. The van der Waals surface area contributed by atoms with E-state index in [-0.39, 0.29) is 0 Å². The van der Waals surface area contributed by atoms with Crippen molar-refractivity contribution in [1.82, 2.24) is 0 Å². The molecule has 4 N–H and O–H groups in total. The second kappa shape index (κ2) is 4.23. The minimum atomic E-state index is 0.344. The molecule has 0 atom stereocenters. The monoisotopic (exact) mass is 200 g/mol. The van der Waals surface area contributed by atoms with Crippen molar-refractivity contribution in [2.75, 3.05) is 18.1 Å². The SMILES string of the molecule is CCOc1cc(N)c(N)c(CCl)c1. The predicted molar refractivity (Wildman–Crippen MR) is 56.0 cm³/mol. The standard InChI is InChI=1S/C9H13ClN2O/c1-2-13-7-3-6(5-10)9(12)8(11)4-7/h3-4H,2,5,11-12H2,1H3. The highest BCUT2D eigenvalue weighted by Crippen LogP contribution is 2.27.